The van der Waals surface area contributed by atoms with Gasteiger partial charge in [-0.05, 0) is 50.1 Å². The first kappa shape index (κ1) is 20.0. The fourth-order valence-corrected chi connectivity index (χ4v) is 2.92. The minimum atomic E-state index is -0.439. The lowest BCUT2D eigenvalue weighted by atomic mass is 10.1. The van der Waals surface area contributed by atoms with Crippen LogP contribution in [0.5, 0.6) is 0 Å². The topological polar surface area (TPSA) is 58.6 Å². The van der Waals surface area contributed by atoms with Crippen LogP contribution in [0.1, 0.15) is 22.8 Å². The van der Waals surface area contributed by atoms with Crippen molar-refractivity contribution in [3.8, 4) is 0 Å². The zero-order valence-electron chi connectivity index (χ0n) is 15.3. The molecule has 0 spiro atoms. The Morgan fingerprint density at radius 1 is 1.12 bits per heavy atom. The quantitative estimate of drug-likeness (QED) is 0.566. The van der Waals surface area contributed by atoms with Gasteiger partial charge in [0.2, 0.25) is 5.91 Å². The van der Waals surface area contributed by atoms with Crippen molar-refractivity contribution in [2.75, 3.05) is 31.8 Å². The highest BCUT2D eigenvalue weighted by Gasteiger charge is 2.15. The Morgan fingerprint density at radius 2 is 1.81 bits per heavy atom. The van der Waals surface area contributed by atoms with E-state index < -0.39 is 5.97 Å². The molecule has 2 aromatic rings. The van der Waals surface area contributed by atoms with E-state index in [2.05, 4.69) is 29.6 Å². The molecule has 0 bridgehead atoms. The lowest BCUT2D eigenvalue weighted by molar-refractivity contribution is -0.117. The Hall–Kier alpha value is -2.31. The molecule has 0 saturated heterocycles. The molecule has 2 aromatic carbocycles. The van der Waals surface area contributed by atoms with Crippen molar-refractivity contribution < 1.29 is 14.3 Å². The van der Waals surface area contributed by atoms with Crippen LogP contribution in [0.15, 0.2) is 53.4 Å². The Morgan fingerprint density at radius 3 is 2.46 bits per heavy atom. The van der Waals surface area contributed by atoms with Crippen LogP contribution in [-0.4, -0.2) is 43.2 Å². The highest BCUT2D eigenvalue weighted by molar-refractivity contribution is 7.98. The molecule has 1 N–H and O–H groups in total. The highest BCUT2D eigenvalue weighted by Crippen LogP contribution is 2.17. The molecule has 0 heterocycles. The molecule has 0 radical (unpaired) electrons. The van der Waals surface area contributed by atoms with Gasteiger partial charge in [0.1, 0.15) is 0 Å². The Kier molecular flexibility index (Phi) is 7.69. The summed E-state index contributed by atoms with van der Waals surface area (Å²) in [5.41, 5.74) is 1.97. The number of thioether (sulfide) groups is 1. The van der Waals surface area contributed by atoms with Gasteiger partial charge in [-0.25, -0.2) is 4.79 Å². The molecule has 0 unspecified atom stereocenters. The molecule has 0 aromatic heterocycles. The molecule has 0 aliphatic rings. The number of ether oxygens (including phenoxy) is 1. The smallest absolute Gasteiger partial charge is 0.340 e. The summed E-state index contributed by atoms with van der Waals surface area (Å²) < 4.78 is 5.03. The Bertz CT molecular complexity index is 747. The molecule has 6 heteroatoms. The second-order valence-corrected chi connectivity index (χ2v) is 6.71. The molecule has 0 saturated carbocycles. The average molecular weight is 372 g/mol. The number of anilines is 1. The van der Waals surface area contributed by atoms with Gasteiger partial charge in [0.25, 0.3) is 0 Å². The van der Waals surface area contributed by atoms with E-state index in [9.17, 15) is 9.59 Å². The number of benzene rings is 2. The first-order valence-electron chi connectivity index (χ1n) is 8.41. The number of hydrogen-bond acceptors (Lipinski definition) is 5. The van der Waals surface area contributed by atoms with Crippen LogP contribution >= 0.6 is 11.8 Å². The van der Waals surface area contributed by atoms with E-state index >= 15 is 0 Å². The van der Waals surface area contributed by atoms with E-state index in [0.29, 0.717) is 24.4 Å². The average Bonchev–Trinajstić information content (AvgIpc) is 2.62. The van der Waals surface area contributed by atoms with E-state index in [0.717, 1.165) is 5.56 Å². The van der Waals surface area contributed by atoms with E-state index in [1.54, 1.807) is 43.0 Å². The summed E-state index contributed by atoms with van der Waals surface area (Å²) in [5.74, 6) is -0.615. The maximum absolute atomic E-state index is 12.3. The van der Waals surface area contributed by atoms with Crippen molar-refractivity contribution >= 4 is 29.3 Å². The normalized spacial score (nSPS) is 10.6. The predicted octanol–water partition coefficient (Wildman–Crippen LogP) is 3.66. The fourth-order valence-electron chi connectivity index (χ4n) is 2.51. The van der Waals surface area contributed by atoms with Crippen LogP contribution < -0.4 is 5.32 Å². The van der Waals surface area contributed by atoms with Crippen molar-refractivity contribution in [3.63, 3.8) is 0 Å². The number of likely N-dealkylation sites (N-methyl/N-ethyl adjacent to an activating group) is 1. The maximum Gasteiger partial charge on any atom is 0.340 e. The second-order valence-electron chi connectivity index (χ2n) is 5.83. The summed E-state index contributed by atoms with van der Waals surface area (Å²) in [4.78, 5) is 27.5. The van der Waals surface area contributed by atoms with Gasteiger partial charge in [-0.1, -0.05) is 24.3 Å². The number of hydrogen-bond donors (Lipinski definition) is 1. The molecule has 138 valence electrons. The summed E-state index contributed by atoms with van der Waals surface area (Å²) in [6.45, 7) is 2.93. The number of rotatable bonds is 8. The van der Waals surface area contributed by atoms with Crippen LogP contribution in [0.4, 0.5) is 5.69 Å². The predicted molar refractivity (Wildman–Crippen MR) is 106 cm³/mol. The molecule has 26 heavy (non-hydrogen) atoms. The molecule has 0 fully saturated rings. The van der Waals surface area contributed by atoms with Gasteiger partial charge in [0.05, 0.1) is 24.4 Å². The zero-order valence-corrected chi connectivity index (χ0v) is 16.1. The van der Waals surface area contributed by atoms with Crippen molar-refractivity contribution in [2.45, 2.75) is 18.4 Å². The van der Waals surface area contributed by atoms with Crippen LogP contribution in [-0.2, 0) is 16.1 Å². The van der Waals surface area contributed by atoms with Crippen LogP contribution in [0.3, 0.4) is 0 Å². The first-order chi connectivity index (χ1) is 12.5. The number of carbonyl (C=O) groups excluding carboxylic acids is 2. The molecular weight excluding hydrogens is 348 g/mol. The number of nitrogens with one attached hydrogen (secondary N) is 1. The van der Waals surface area contributed by atoms with Gasteiger partial charge in [-0.15, -0.1) is 11.8 Å². The third kappa shape index (κ3) is 5.89. The molecule has 1 amide bonds. The van der Waals surface area contributed by atoms with Gasteiger partial charge in [0.15, 0.2) is 0 Å². The summed E-state index contributed by atoms with van der Waals surface area (Å²) in [7, 11) is 1.89. The lowest BCUT2D eigenvalue weighted by Gasteiger charge is -2.17. The summed E-state index contributed by atoms with van der Waals surface area (Å²) >= 11 is 1.70. The standard InChI is InChI=1S/C20H24N2O3S/c1-4-25-20(24)17-7-5-6-8-18(17)21-19(23)14-22(2)13-15-9-11-16(26-3)12-10-15/h5-12H,4,13-14H2,1-3H3,(H,21,23). The van der Waals surface area contributed by atoms with Crippen molar-refractivity contribution in [3.05, 3.63) is 59.7 Å². The molecule has 0 atom stereocenters. The summed E-state index contributed by atoms with van der Waals surface area (Å²) in [6.07, 6.45) is 2.04. The van der Waals surface area contributed by atoms with Gasteiger partial charge >= 0.3 is 5.97 Å². The fraction of sp³-hybridized carbons (Fsp3) is 0.300. The number of nitrogens with zero attached hydrogens (tertiary/aromatic N) is 1. The number of para-hydroxylation sites is 1. The minimum Gasteiger partial charge on any atom is -0.462 e. The third-order valence-electron chi connectivity index (χ3n) is 3.72. The van der Waals surface area contributed by atoms with Gasteiger partial charge in [-0.2, -0.15) is 0 Å². The number of carbonyl (C=O) groups is 2. The highest BCUT2D eigenvalue weighted by atomic mass is 32.2. The summed E-state index contributed by atoms with van der Waals surface area (Å²) in [5, 5.41) is 2.80. The molecule has 2 rings (SSSR count). The molecule has 0 aliphatic heterocycles. The Labute approximate surface area is 158 Å². The number of esters is 1. The largest absolute Gasteiger partial charge is 0.462 e. The second kappa shape index (κ2) is 9.99. The SMILES string of the molecule is CCOC(=O)c1ccccc1NC(=O)CN(C)Cc1ccc(SC)cc1. The van der Waals surface area contributed by atoms with Crippen molar-refractivity contribution in [1.82, 2.24) is 4.90 Å². The van der Waals surface area contributed by atoms with Crippen LogP contribution in [0, 0.1) is 0 Å². The minimum absolute atomic E-state index is 0.176. The Balaban J connectivity index is 1.94. The monoisotopic (exact) mass is 372 g/mol. The molecular formula is C20H24N2O3S. The van der Waals surface area contributed by atoms with Gasteiger partial charge < -0.3 is 10.1 Å². The molecule has 5 nitrogen and oxygen atoms in total. The van der Waals surface area contributed by atoms with Crippen LogP contribution in [0.2, 0.25) is 0 Å². The maximum atomic E-state index is 12.3. The summed E-state index contributed by atoms with van der Waals surface area (Å²) in [6, 6.07) is 15.1. The molecule has 0 aliphatic carbocycles. The van der Waals surface area contributed by atoms with E-state index in [1.807, 2.05) is 18.2 Å². The third-order valence-corrected chi connectivity index (χ3v) is 4.47. The zero-order chi connectivity index (χ0) is 18.9. The van der Waals surface area contributed by atoms with Crippen LogP contribution in [0.25, 0.3) is 0 Å². The van der Waals surface area contributed by atoms with Gasteiger partial charge in [0, 0.05) is 11.4 Å². The number of amides is 1. The van der Waals surface area contributed by atoms with Crippen molar-refractivity contribution in [1.29, 1.82) is 0 Å². The van der Waals surface area contributed by atoms with E-state index in [1.165, 1.54) is 4.90 Å². The van der Waals surface area contributed by atoms with E-state index in [4.69, 9.17) is 4.74 Å². The van der Waals surface area contributed by atoms with E-state index in [-0.39, 0.29) is 12.5 Å². The van der Waals surface area contributed by atoms with Gasteiger partial charge in [-0.3, -0.25) is 9.69 Å². The van der Waals surface area contributed by atoms with Crippen molar-refractivity contribution in [2.24, 2.45) is 0 Å². The first-order valence-corrected chi connectivity index (χ1v) is 9.63. The lowest BCUT2D eigenvalue weighted by Crippen LogP contribution is -2.30.